The number of hydrogen-bond acceptors (Lipinski definition) is 4. The molecule has 0 aromatic heterocycles. The van der Waals surface area contributed by atoms with E-state index in [1.807, 2.05) is 0 Å². The summed E-state index contributed by atoms with van der Waals surface area (Å²) in [5, 5.41) is 14.1. The Hall–Kier alpha value is -1.10. The maximum atomic E-state index is 10.7. The number of ether oxygens (including phenoxy) is 1. The van der Waals surface area contributed by atoms with Gasteiger partial charge in [-0.25, -0.2) is 0 Å². The molecular formula is C19H30N2O2. The van der Waals surface area contributed by atoms with E-state index < -0.39 is 5.60 Å². The minimum Gasteiger partial charge on any atom is -0.389 e. The lowest BCUT2D eigenvalue weighted by atomic mass is 9.94. The number of hydrogen-bond donors (Lipinski definition) is 2. The molecule has 1 aromatic carbocycles. The summed E-state index contributed by atoms with van der Waals surface area (Å²) in [7, 11) is 0. The average Bonchev–Trinajstić information content (AvgIpc) is 2.81. The quantitative estimate of drug-likeness (QED) is 0.820. The van der Waals surface area contributed by atoms with Crippen LogP contribution in [0.2, 0.25) is 0 Å². The molecule has 1 saturated heterocycles. The Morgan fingerprint density at radius 1 is 1.00 bits per heavy atom. The fourth-order valence-corrected chi connectivity index (χ4v) is 3.65. The van der Waals surface area contributed by atoms with Crippen molar-refractivity contribution in [2.24, 2.45) is 0 Å². The summed E-state index contributed by atoms with van der Waals surface area (Å²) in [4.78, 5) is 2.37. The lowest BCUT2D eigenvalue weighted by Gasteiger charge is -2.29. The summed E-state index contributed by atoms with van der Waals surface area (Å²) in [5.41, 5.74) is 2.06. The molecule has 3 rings (SSSR count). The van der Waals surface area contributed by atoms with Crippen LogP contribution >= 0.6 is 0 Å². The van der Waals surface area contributed by atoms with Gasteiger partial charge in [0, 0.05) is 31.9 Å². The van der Waals surface area contributed by atoms with Crippen LogP contribution in [0.3, 0.4) is 0 Å². The molecule has 0 atom stereocenters. The van der Waals surface area contributed by atoms with Crippen molar-refractivity contribution in [3.8, 4) is 0 Å². The van der Waals surface area contributed by atoms with Gasteiger partial charge in [-0.15, -0.1) is 0 Å². The molecule has 1 saturated carbocycles. The van der Waals surface area contributed by atoms with Gasteiger partial charge in [0.05, 0.1) is 18.8 Å². The Morgan fingerprint density at radius 2 is 1.65 bits per heavy atom. The highest BCUT2D eigenvalue weighted by Gasteiger charge is 2.27. The molecule has 1 aliphatic carbocycles. The van der Waals surface area contributed by atoms with Crippen LogP contribution in [0, 0.1) is 0 Å². The normalized spacial score (nSPS) is 21.9. The van der Waals surface area contributed by atoms with Gasteiger partial charge < -0.3 is 20.1 Å². The Bertz CT molecular complexity index is 461. The Labute approximate surface area is 139 Å². The van der Waals surface area contributed by atoms with Crippen molar-refractivity contribution in [3.05, 3.63) is 29.8 Å². The van der Waals surface area contributed by atoms with Crippen LogP contribution in [-0.2, 0) is 11.3 Å². The van der Waals surface area contributed by atoms with Gasteiger partial charge in [0.2, 0.25) is 0 Å². The first-order valence-electron chi connectivity index (χ1n) is 9.10. The summed E-state index contributed by atoms with van der Waals surface area (Å²) in [5.74, 6) is 0. The van der Waals surface area contributed by atoms with Crippen LogP contribution in [0.1, 0.15) is 44.1 Å². The van der Waals surface area contributed by atoms with E-state index in [9.17, 15) is 5.11 Å². The Balaban J connectivity index is 1.46. The molecule has 0 amide bonds. The van der Waals surface area contributed by atoms with Crippen molar-refractivity contribution in [1.29, 1.82) is 0 Å². The highest BCUT2D eigenvalue weighted by atomic mass is 16.5. The van der Waals surface area contributed by atoms with Crippen LogP contribution in [0.15, 0.2) is 24.3 Å². The van der Waals surface area contributed by atoms with Crippen LogP contribution in [-0.4, -0.2) is 43.6 Å². The van der Waals surface area contributed by atoms with E-state index in [1.165, 1.54) is 24.1 Å². The molecular weight excluding hydrogens is 288 g/mol. The van der Waals surface area contributed by atoms with E-state index in [4.69, 9.17) is 4.74 Å². The van der Waals surface area contributed by atoms with Gasteiger partial charge in [-0.05, 0) is 30.5 Å². The average molecular weight is 318 g/mol. The number of benzene rings is 1. The van der Waals surface area contributed by atoms with Gasteiger partial charge >= 0.3 is 0 Å². The molecule has 0 bridgehead atoms. The third-order valence-electron chi connectivity index (χ3n) is 5.13. The monoisotopic (exact) mass is 318 g/mol. The highest BCUT2D eigenvalue weighted by molar-refractivity contribution is 5.47. The number of anilines is 1. The molecule has 1 heterocycles. The van der Waals surface area contributed by atoms with E-state index in [2.05, 4.69) is 34.5 Å². The molecule has 4 heteroatoms. The van der Waals surface area contributed by atoms with Gasteiger partial charge in [0.15, 0.2) is 0 Å². The fourth-order valence-electron chi connectivity index (χ4n) is 3.65. The summed E-state index contributed by atoms with van der Waals surface area (Å²) in [6.07, 6.45) is 6.74. The zero-order valence-electron chi connectivity index (χ0n) is 14.1. The number of nitrogens with one attached hydrogen (secondary N) is 1. The first-order valence-corrected chi connectivity index (χ1v) is 9.10. The standard InChI is InChI=1S/C19H30N2O2/c22-19(9-3-1-2-4-10-19)16-20-15-17-5-7-18(8-6-17)21-11-13-23-14-12-21/h5-8,20,22H,1-4,9-16H2. The van der Waals surface area contributed by atoms with Crippen molar-refractivity contribution in [3.63, 3.8) is 0 Å². The van der Waals surface area contributed by atoms with E-state index >= 15 is 0 Å². The second-order valence-corrected chi connectivity index (χ2v) is 7.01. The van der Waals surface area contributed by atoms with Crippen molar-refractivity contribution in [2.75, 3.05) is 37.7 Å². The van der Waals surface area contributed by atoms with Crippen molar-refractivity contribution >= 4 is 5.69 Å². The first-order chi connectivity index (χ1) is 11.3. The van der Waals surface area contributed by atoms with E-state index in [0.29, 0.717) is 6.54 Å². The van der Waals surface area contributed by atoms with Gasteiger partial charge in [-0.3, -0.25) is 0 Å². The van der Waals surface area contributed by atoms with Gasteiger partial charge in [-0.2, -0.15) is 0 Å². The molecule has 128 valence electrons. The second-order valence-electron chi connectivity index (χ2n) is 7.01. The lowest BCUT2D eigenvalue weighted by Crippen LogP contribution is -2.39. The summed E-state index contributed by atoms with van der Waals surface area (Å²) < 4.78 is 5.40. The largest absolute Gasteiger partial charge is 0.389 e. The van der Waals surface area contributed by atoms with Gasteiger partial charge in [0.1, 0.15) is 0 Å². The minimum atomic E-state index is -0.496. The van der Waals surface area contributed by atoms with Crippen molar-refractivity contribution in [2.45, 2.75) is 50.7 Å². The second kappa shape index (κ2) is 8.13. The molecule has 1 aliphatic heterocycles. The minimum absolute atomic E-state index is 0.496. The zero-order valence-corrected chi connectivity index (χ0v) is 14.1. The summed E-state index contributed by atoms with van der Waals surface area (Å²) in [6.45, 7) is 5.13. The number of rotatable bonds is 5. The van der Waals surface area contributed by atoms with E-state index in [-0.39, 0.29) is 0 Å². The molecule has 0 unspecified atom stereocenters. The molecule has 4 nitrogen and oxygen atoms in total. The number of aliphatic hydroxyl groups is 1. The van der Waals surface area contributed by atoms with Crippen LogP contribution < -0.4 is 10.2 Å². The summed E-state index contributed by atoms with van der Waals surface area (Å²) in [6, 6.07) is 8.77. The molecule has 2 aliphatic rings. The van der Waals surface area contributed by atoms with E-state index in [1.54, 1.807) is 0 Å². The van der Waals surface area contributed by atoms with Crippen molar-refractivity contribution in [1.82, 2.24) is 5.32 Å². The maximum absolute atomic E-state index is 10.7. The number of morpholine rings is 1. The van der Waals surface area contributed by atoms with Gasteiger partial charge in [0.25, 0.3) is 0 Å². The lowest BCUT2D eigenvalue weighted by molar-refractivity contribution is 0.0250. The predicted octanol–water partition coefficient (Wildman–Crippen LogP) is 2.70. The third-order valence-corrected chi connectivity index (χ3v) is 5.13. The third kappa shape index (κ3) is 4.93. The fraction of sp³-hybridized carbons (Fsp3) is 0.684. The number of nitrogens with zero attached hydrogens (tertiary/aromatic N) is 1. The molecule has 23 heavy (non-hydrogen) atoms. The molecule has 0 radical (unpaired) electrons. The topological polar surface area (TPSA) is 44.7 Å². The highest BCUT2D eigenvalue weighted by Crippen LogP contribution is 2.26. The Kier molecular flexibility index (Phi) is 5.92. The van der Waals surface area contributed by atoms with Crippen molar-refractivity contribution < 1.29 is 9.84 Å². The van der Waals surface area contributed by atoms with Crippen LogP contribution in [0.5, 0.6) is 0 Å². The molecule has 1 aromatic rings. The SMILES string of the molecule is OC1(CNCc2ccc(N3CCOCC3)cc2)CCCCCC1. The Morgan fingerprint density at radius 3 is 2.30 bits per heavy atom. The van der Waals surface area contributed by atoms with Gasteiger partial charge in [-0.1, -0.05) is 37.8 Å². The smallest absolute Gasteiger partial charge is 0.0771 e. The zero-order chi connectivity index (χ0) is 16.0. The molecule has 0 spiro atoms. The predicted molar refractivity (Wildman–Crippen MR) is 93.8 cm³/mol. The maximum Gasteiger partial charge on any atom is 0.0771 e. The van der Waals surface area contributed by atoms with Crippen LogP contribution in [0.4, 0.5) is 5.69 Å². The van der Waals surface area contributed by atoms with E-state index in [0.717, 1.165) is 58.5 Å². The molecule has 2 fully saturated rings. The first kappa shape index (κ1) is 16.7. The summed E-state index contributed by atoms with van der Waals surface area (Å²) >= 11 is 0. The van der Waals surface area contributed by atoms with Crippen LogP contribution in [0.25, 0.3) is 0 Å². The molecule has 2 N–H and O–H groups in total.